The van der Waals surface area contributed by atoms with Crippen molar-refractivity contribution in [1.82, 2.24) is 9.62 Å². The molecule has 144 valence electrons. The zero-order valence-corrected chi connectivity index (χ0v) is 17.0. The Morgan fingerprint density at radius 1 is 1.16 bits per heavy atom. The van der Waals surface area contributed by atoms with Crippen LogP contribution in [0.3, 0.4) is 0 Å². The van der Waals surface area contributed by atoms with E-state index in [0.29, 0.717) is 26.1 Å². The summed E-state index contributed by atoms with van der Waals surface area (Å²) in [6.45, 7) is 8.50. The second-order valence-electron chi connectivity index (χ2n) is 6.08. The second kappa shape index (κ2) is 10.1. The summed E-state index contributed by atoms with van der Waals surface area (Å²) in [7, 11) is -3.45. The number of hydrogen-bond donors (Lipinski definition) is 2. The fourth-order valence-corrected chi connectivity index (χ4v) is 3.97. The van der Waals surface area contributed by atoms with Gasteiger partial charge in [-0.25, -0.2) is 8.42 Å². The molecule has 0 radical (unpaired) electrons. The Labute approximate surface area is 157 Å². The van der Waals surface area contributed by atoms with Gasteiger partial charge in [0.1, 0.15) is 0 Å². The molecule has 0 heterocycles. The molecule has 0 fully saturated rings. The van der Waals surface area contributed by atoms with Crippen molar-refractivity contribution in [1.29, 1.82) is 0 Å². The summed E-state index contributed by atoms with van der Waals surface area (Å²) in [4.78, 5) is 12.3. The molecule has 1 amide bonds. The van der Waals surface area contributed by atoms with Crippen LogP contribution in [0.5, 0.6) is 0 Å². The van der Waals surface area contributed by atoms with E-state index in [0.717, 1.165) is 12.0 Å². The molecule has 6 nitrogen and oxygen atoms in total. The van der Waals surface area contributed by atoms with Gasteiger partial charge in [0.15, 0.2) is 0 Å². The minimum absolute atomic E-state index is 0. The first-order valence-electron chi connectivity index (χ1n) is 8.35. The SMILES string of the molecule is CCCC(C)(N)C(=O)NCc1ccc(S(=O)(=O)N(CC)CC)cc1.Cl. The number of carbonyl (C=O) groups is 1. The van der Waals surface area contributed by atoms with E-state index < -0.39 is 15.6 Å². The van der Waals surface area contributed by atoms with Crippen LogP contribution in [0.1, 0.15) is 46.1 Å². The van der Waals surface area contributed by atoms with Gasteiger partial charge in [-0.1, -0.05) is 39.3 Å². The molecule has 1 aromatic rings. The van der Waals surface area contributed by atoms with Gasteiger partial charge in [0.25, 0.3) is 0 Å². The van der Waals surface area contributed by atoms with E-state index in [9.17, 15) is 13.2 Å². The Morgan fingerprint density at radius 3 is 2.12 bits per heavy atom. The first-order valence-corrected chi connectivity index (χ1v) is 9.79. The van der Waals surface area contributed by atoms with Gasteiger partial charge >= 0.3 is 0 Å². The normalized spacial score (nSPS) is 13.8. The molecule has 0 aliphatic rings. The Kier molecular flexibility index (Phi) is 9.64. The molecule has 0 aromatic heterocycles. The summed E-state index contributed by atoms with van der Waals surface area (Å²) in [5.74, 6) is -0.204. The maximum atomic E-state index is 12.4. The number of amides is 1. The number of nitrogens with one attached hydrogen (secondary N) is 1. The van der Waals surface area contributed by atoms with E-state index in [1.165, 1.54) is 4.31 Å². The molecule has 1 aromatic carbocycles. The van der Waals surface area contributed by atoms with Gasteiger partial charge in [0, 0.05) is 19.6 Å². The van der Waals surface area contributed by atoms with E-state index in [-0.39, 0.29) is 23.2 Å². The Balaban J connectivity index is 0.00000576. The van der Waals surface area contributed by atoms with E-state index >= 15 is 0 Å². The number of sulfonamides is 1. The highest BCUT2D eigenvalue weighted by atomic mass is 35.5. The van der Waals surface area contributed by atoms with Gasteiger partial charge in [0.2, 0.25) is 15.9 Å². The lowest BCUT2D eigenvalue weighted by molar-refractivity contribution is -0.126. The fourth-order valence-electron chi connectivity index (χ4n) is 2.51. The second-order valence-corrected chi connectivity index (χ2v) is 8.02. The number of nitrogens with two attached hydrogens (primary N) is 1. The Bertz CT molecular complexity index is 642. The van der Waals surface area contributed by atoms with Crippen LogP contribution in [0, 0.1) is 0 Å². The van der Waals surface area contributed by atoms with Crippen molar-refractivity contribution in [3.05, 3.63) is 29.8 Å². The first-order chi connectivity index (χ1) is 11.2. The number of benzene rings is 1. The van der Waals surface area contributed by atoms with Gasteiger partial charge < -0.3 is 11.1 Å². The van der Waals surface area contributed by atoms with E-state index in [1.54, 1.807) is 31.2 Å². The lowest BCUT2D eigenvalue weighted by Gasteiger charge is -2.23. The minimum Gasteiger partial charge on any atom is -0.350 e. The van der Waals surface area contributed by atoms with Crippen molar-refractivity contribution in [2.45, 2.75) is 57.5 Å². The van der Waals surface area contributed by atoms with Crippen LogP contribution >= 0.6 is 12.4 Å². The molecular weight excluding hydrogens is 362 g/mol. The molecule has 0 saturated heterocycles. The highest BCUT2D eigenvalue weighted by Crippen LogP contribution is 2.16. The zero-order chi connectivity index (χ0) is 18.4. The van der Waals surface area contributed by atoms with E-state index in [2.05, 4.69) is 5.32 Å². The number of rotatable bonds is 9. The Hall–Kier alpha value is -1.15. The smallest absolute Gasteiger partial charge is 0.243 e. The monoisotopic (exact) mass is 391 g/mol. The van der Waals surface area contributed by atoms with E-state index in [4.69, 9.17) is 5.73 Å². The Morgan fingerprint density at radius 2 is 1.68 bits per heavy atom. The average molecular weight is 392 g/mol. The summed E-state index contributed by atoms with van der Waals surface area (Å²) >= 11 is 0. The molecule has 1 atom stereocenters. The largest absolute Gasteiger partial charge is 0.350 e. The summed E-state index contributed by atoms with van der Waals surface area (Å²) in [5, 5.41) is 2.80. The van der Waals surface area contributed by atoms with Crippen molar-refractivity contribution in [2.75, 3.05) is 13.1 Å². The van der Waals surface area contributed by atoms with Crippen LogP contribution in [0.2, 0.25) is 0 Å². The molecule has 0 saturated carbocycles. The molecule has 1 unspecified atom stereocenters. The van der Waals surface area contributed by atoms with Crippen molar-refractivity contribution in [2.24, 2.45) is 5.73 Å². The van der Waals surface area contributed by atoms with Crippen LogP contribution in [0.4, 0.5) is 0 Å². The van der Waals surface area contributed by atoms with Crippen molar-refractivity contribution in [3.8, 4) is 0 Å². The minimum atomic E-state index is -3.45. The fraction of sp³-hybridized carbons (Fsp3) is 0.588. The quantitative estimate of drug-likeness (QED) is 0.675. The summed E-state index contributed by atoms with van der Waals surface area (Å²) in [6, 6.07) is 6.57. The van der Waals surface area contributed by atoms with Crippen LogP contribution in [-0.4, -0.2) is 37.3 Å². The average Bonchev–Trinajstić information content (AvgIpc) is 2.53. The standard InChI is InChI=1S/C17H29N3O3S.ClH/c1-5-12-17(4,18)16(21)19-13-14-8-10-15(11-9-14)24(22,23)20(6-2)7-3;/h8-11H,5-7,12-13,18H2,1-4H3,(H,19,21);1H. The van der Waals surface area contributed by atoms with Crippen molar-refractivity contribution < 1.29 is 13.2 Å². The molecule has 0 spiro atoms. The first kappa shape index (κ1) is 23.9. The molecule has 1 rings (SSSR count). The summed E-state index contributed by atoms with van der Waals surface area (Å²) < 4.78 is 26.2. The molecule has 3 N–H and O–H groups in total. The third-order valence-electron chi connectivity index (χ3n) is 4.01. The van der Waals surface area contributed by atoms with Crippen LogP contribution < -0.4 is 11.1 Å². The van der Waals surface area contributed by atoms with Gasteiger partial charge in [0.05, 0.1) is 10.4 Å². The van der Waals surface area contributed by atoms with Gasteiger partial charge in [-0.05, 0) is 31.0 Å². The molecule has 0 aliphatic carbocycles. The number of hydrogen-bond acceptors (Lipinski definition) is 4. The topological polar surface area (TPSA) is 92.5 Å². The predicted octanol–water partition coefficient (Wildman–Crippen LogP) is 2.27. The van der Waals surface area contributed by atoms with Gasteiger partial charge in [-0.2, -0.15) is 4.31 Å². The number of nitrogens with zero attached hydrogens (tertiary/aromatic N) is 1. The van der Waals surface area contributed by atoms with Crippen molar-refractivity contribution >= 4 is 28.3 Å². The zero-order valence-electron chi connectivity index (χ0n) is 15.4. The number of halogens is 1. The lowest BCUT2D eigenvalue weighted by atomic mass is 9.96. The highest BCUT2D eigenvalue weighted by molar-refractivity contribution is 7.89. The summed E-state index contributed by atoms with van der Waals surface area (Å²) in [5.41, 5.74) is 5.92. The van der Waals surface area contributed by atoms with E-state index in [1.807, 2.05) is 20.8 Å². The molecular formula is C17H30ClN3O3S. The predicted molar refractivity (Wildman–Crippen MR) is 103 cm³/mol. The van der Waals surface area contributed by atoms with Crippen LogP contribution in [0.15, 0.2) is 29.2 Å². The lowest BCUT2D eigenvalue weighted by Crippen LogP contribution is -2.51. The highest BCUT2D eigenvalue weighted by Gasteiger charge is 2.26. The third-order valence-corrected chi connectivity index (χ3v) is 6.07. The number of carbonyl (C=O) groups excluding carboxylic acids is 1. The molecule has 0 aliphatic heterocycles. The van der Waals surface area contributed by atoms with Crippen LogP contribution in [0.25, 0.3) is 0 Å². The van der Waals surface area contributed by atoms with Crippen LogP contribution in [-0.2, 0) is 21.4 Å². The molecule has 0 bridgehead atoms. The summed E-state index contributed by atoms with van der Waals surface area (Å²) in [6.07, 6.45) is 1.44. The van der Waals surface area contributed by atoms with Crippen molar-refractivity contribution in [3.63, 3.8) is 0 Å². The maximum Gasteiger partial charge on any atom is 0.243 e. The van der Waals surface area contributed by atoms with Gasteiger partial charge in [-0.3, -0.25) is 4.79 Å². The maximum absolute atomic E-state index is 12.4. The third kappa shape index (κ3) is 6.26. The molecule has 25 heavy (non-hydrogen) atoms. The molecule has 8 heteroatoms. The van der Waals surface area contributed by atoms with Gasteiger partial charge in [-0.15, -0.1) is 12.4 Å².